The molecule has 3 aromatic rings. The molecule has 1 aliphatic rings. The number of nitrogens with one attached hydrogen (secondary N) is 1. The van der Waals surface area contributed by atoms with E-state index in [2.05, 4.69) is 10.3 Å². The van der Waals surface area contributed by atoms with E-state index in [0.29, 0.717) is 35.1 Å². The first-order chi connectivity index (χ1) is 18.1. The number of aromatic nitrogens is 1. The van der Waals surface area contributed by atoms with Gasteiger partial charge in [0.15, 0.2) is 17.3 Å². The number of pyridine rings is 1. The summed E-state index contributed by atoms with van der Waals surface area (Å²) >= 11 is 6.02. The van der Waals surface area contributed by atoms with E-state index in [1.165, 1.54) is 37.4 Å². The van der Waals surface area contributed by atoms with Crippen molar-refractivity contribution in [2.75, 3.05) is 33.5 Å². The Kier molecular flexibility index (Phi) is 8.18. The summed E-state index contributed by atoms with van der Waals surface area (Å²) < 4.78 is 30.4. The molecule has 1 aliphatic heterocycles. The highest BCUT2D eigenvalue weighted by atomic mass is 35.5. The Morgan fingerprint density at radius 2 is 1.97 bits per heavy atom. The smallest absolute Gasteiger partial charge is 0.251 e. The predicted octanol–water partition coefficient (Wildman–Crippen LogP) is 4.59. The number of rotatable bonds is 9. The minimum Gasteiger partial charge on any atom is -0.493 e. The van der Waals surface area contributed by atoms with Gasteiger partial charge in [0.2, 0.25) is 0 Å². The summed E-state index contributed by atoms with van der Waals surface area (Å²) in [5, 5.41) is 11.5. The van der Waals surface area contributed by atoms with Gasteiger partial charge in [0.25, 0.3) is 5.91 Å². The van der Waals surface area contributed by atoms with Crippen LogP contribution >= 0.6 is 11.6 Å². The SMILES string of the molecule is COc1cc(C(=O)NCC(=O)c2cc3c(c(-c4ccc(F)c(Cl)c4)n2)OCCC3(C)C)ccc1OCCO. The van der Waals surface area contributed by atoms with Crippen molar-refractivity contribution in [3.8, 4) is 28.5 Å². The Bertz CT molecular complexity index is 1380. The number of halogens is 2. The molecule has 2 aromatic carbocycles. The van der Waals surface area contributed by atoms with Gasteiger partial charge in [0.05, 0.1) is 31.9 Å². The molecule has 10 heteroatoms. The molecule has 0 unspecified atom stereocenters. The maximum absolute atomic E-state index is 13.8. The number of amides is 1. The van der Waals surface area contributed by atoms with Crippen LogP contribution < -0.4 is 19.5 Å². The number of Topliss-reactive ketones (excluding diaryl/α,β-unsaturated/α-hetero) is 1. The number of hydrogen-bond acceptors (Lipinski definition) is 7. The van der Waals surface area contributed by atoms with Crippen LogP contribution in [0.15, 0.2) is 42.5 Å². The number of ketones is 1. The summed E-state index contributed by atoms with van der Waals surface area (Å²) in [6, 6.07) is 10.5. The maximum atomic E-state index is 13.8. The van der Waals surface area contributed by atoms with Crippen LogP contribution in [0.5, 0.6) is 17.2 Å². The molecule has 8 nitrogen and oxygen atoms in total. The molecule has 0 atom stereocenters. The van der Waals surface area contributed by atoms with Crippen LogP contribution in [0.1, 0.15) is 46.7 Å². The van der Waals surface area contributed by atoms with Gasteiger partial charge in [0.1, 0.15) is 29.6 Å². The van der Waals surface area contributed by atoms with Crippen molar-refractivity contribution < 1.29 is 33.3 Å². The number of ether oxygens (including phenoxy) is 3. The Morgan fingerprint density at radius 3 is 2.68 bits per heavy atom. The van der Waals surface area contributed by atoms with Gasteiger partial charge in [-0.3, -0.25) is 9.59 Å². The molecule has 0 aliphatic carbocycles. The van der Waals surface area contributed by atoms with Crippen molar-refractivity contribution in [1.29, 1.82) is 0 Å². The van der Waals surface area contributed by atoms with E-state index >= 15 is 0 Å². The number of hydrogen-bond donors (Lipinski definition) is 2. The molecule has 4 rings (SSSR count). The molecule has 2 N–H and O–H groups in total. The molecule has 0 saturated carbocycles. The fraction of sp³-hybridized carbons (Fsp3) is 0.321. The van der Waals surface area contributed by atoms with Crippen LogP contribution in [-0.4, -0.2) is 55.3 Å². The quantitative estimate of drug-likeness (QED) is 0.381. The van der Waals surface area contributed by atoms with Gasteiger partial charge in [0, 0.05) is 16.7 Å². The average molecular weight is 543 g/mol. The fourth-order valence-electron chi connectivity index (χ4n) is 4.14. The monoisotopic (exact) mass is 542 g/mol. The average Bonchev–Trinajstić information content (AvgIpc) is 2.91. The van der Waals surface area contributed by atoms with E-state index in [-0.39, 0.29) is 41.5 Å². The molecule has 0 radical (unpaired) electrons. The molecule has 38 heavy (non-hydrogen) atoms. The number of fused-ring (bicyclic) bond motifs is 1. The summed E-state index contributed by atoms with van der Waals surface area (Å²) in [4.78, 5) is 30.5. The Labute approximate surface area is 224 Å². The highest BCUT2D eigenvalue weighted by molar-refractivity contribution is 6.31. The Hall–Kier alpha value is -3.69. The van der Waals surface area contributed by atoms with Crippen molar-refractivity contribution in [3.63, 3.8) is 0 Å². The molecule has 1 amide bonds. The molecule has 0 fully saturated rings. The second-order valence-electron chi connectivity index (χ2n) is 9.39. The molecule has 200 valence electrons. The van der Waals surface area contributed by atoms with Crippen molar-refractivity contribution in [2.45, 2.75) is 25.7 Å². The first-order valence-electron chi connectivity index (χ1n) is 12.0. The zero-order valence-electron chi connectivity index (χ0n) is 21.3. The third-order valence-electron chi connectivity index (χ3n) is 6.34. The number of carbonyl (C=O) groups excluding carboxylic acids is 2. The zero-order valence-corrected chi connectivity index (χ0v) is 22.0. The van der Waals surface area contributed by atoms with E-state index < -0.39 is 17.5 Å². The van der Waals surface area contributed by atoms with E-state index in [1.807, 2.05) is 13.8 Å². The zero-order chi connectivity index (χ0) is 27.4. The maximum Gasteiger partial charge on any atom is 0.251 e. The lowest BCUT2D eigenvalue weighted by atomic mass is 9.79. The molecule has 2 heterocycles. The van der Waals surface area contributed by atoms with E-state index in [9.17, 15) is 14.0 Å². The summed E-state index contributed by atoms with van der Waals surface area (Å²) in [6.07, 6.45) is 0.734. The summed E-state index contributed by atoms with van der Waals surface area (Å²) in [7, 11) is 1.44. The van der Waals surface area contributed by atoms with E-state index in [0.717, 1.165) is 12.0 Å². The fourth-order valence-corrected chi connectivity index (χ4v) is 4.32. The molecular weight excluding hydrogens is 515 g/mol. The van der Waals surface area contributed by atoms with Crippen molar-refractivity contribution in [3.05, 3.63) is 70.1 Å². The lowest BCUT2D eigenvalue weighted by Gasteiger charge is -2.33. The van der Waals surface area contributed by atoms with Gasteiger partial charge < -0.3 is 24.6 Å². The summed E-state index contributed by atoms with van der Waals surface area (Å²) in [5.74, 6) is -0.237. The first-order valence-corrected chi connectivity index (χ1v) is 12.4. The molecule has 0 saturated heterocycles. The Balaban J connectivity index is 1.60. The third kappa shape index (κ3) is 5.74. The standard InChI is InChI=1S/C28H28ClFN2O6/c1-28(2)8-10-38-26-18(28)14-21(32-25(26)16-4-6-20(30)19(29)12-16)22(34)15-31-27(35)17-5-7-23(37-11-9-33)24(13-17)36-3/h4-7,12-14,33H,8-11,15H2,1-3H3,(H,31,35). The summed E-state index contributed by atoms with van der Waals surface area (Å²) in [6.45, 7) is 4.18. The highest BCUT2D eigenvalue weighted by Gasteiger charge is 2.33. The van der Waals surface area contributed by atoms with Crippen LogP contribution in [0.2, 0.25) is 5.02 Å². The molecular formula is C28H28ClFN2O6. The molecule has 1 aromatic heterocycles. The second kappa shape index (κ2) is 11.4. The van der Waals surface area contributed by atoms with E-state index in [4.69, 9.17) is 30.9 Å². The van der Waals surface area contributed by atoms with Crippen LogP contribution in [0.25, 0.3) is 11.3 Å². The number of aliphatic hydroxyl groups excluding tert-OH is 1. The van der Waals surface area contributed by atoms with Crippen molar-refractivity contribution in [2.24, 2.45) is 0 Å². The Morgan fingerprint density at radius 1 is 1.18 bits per heavy atom. The highest BCUT2D eigenvalue weighted by Crippen LogP contribution is 2.44. The van der Waals surface area contributed by atoms with Crippen LogP contribution in [0.3, 0.4) is 0 Å². The van der Waals surface area contributed by atoms with Gasteiger partial charge in [-0.1, -0.05) is 25.4 Å². The van der Waals surface area contributed by atoms with Gasteiger partial charge in [-0.2, -0.15) is 0 Å². The van der Waals surface area contributed by atoms with E-state index in [1.54, 1.807) is 12.1 Å². The van der Waals surface area contributed by atoms with Gasteiger partial charge >= 0.3 is 0 Å². The summed E-state index contributed by atoms with van der Waals surface area (Å²) in [5.41, 5.74) is 1.80. The van der Waals surface area contributed by atoms with Crippen molar-refractivity contribution >= 4 is 23.3 Å². The lowest BCUT2D eigenvalue weighted by molar-refractivity contribution is 0.0901. The van der Waals surface area contributed by atoms with Crippen LogP contribution in [0, 0.1) is 5.82 Å². The number of nitrogens with zero attached hydrogens (tertiary/aromatic N) is 1. The third-order valence-corrected chi connectivity index (χ3v) is 6.63. The number of carbonyl (C=O) groups is 2. The number of aliphatic hydroxyl groups is 1. The minimum absolute atomic E-state index is 0.0691. The normalized spacial score (nSPS) is 13.7. The lowest BCUT2D eigenvalue weighted by Crippen LogP contribution is -2.31. The van der Waals surface area contributed by atoms with Gasteiger partial charge in [-0.05, 0) is 54.3 Å². The van der Waals surface area contributed by atoms with Crippen molar-refractivity contribution in [1.82, 2.24) is 10.3 Å². The number of benzene rings is 2. The molecule has 0 bridgehead atoms. The second-order valence-corrected chi connectivity index (χ2v) is 9.79. The topological polar surface area (TPSA) is 107 Å². The molecule has 0 spiro atoms. The van der Waals surface area contributed by atoms with Gasteiger partial charge in [-0.25, -0.2) is 9.37 Å². The van der Waals surface area contributed by atoms with Crippen LogP contribution in [0.4, 0.5) is 4.39 Å². The van der Waals surface area contributed by atoms with Gasteiger partial charge in [-0.15, -0.1) is 0 Å². The minimum atomic E-state index is -0.565. The van der Waals surface area contributed by atoms with Crippen LogP contribution in [-0.2, 0) is 5.41 Å². The largest absolute Gasteiger partial charge is 0.493 e. The number of methoxy groups -OCH3 is 1. The first kappa shape index (κ1) is 27.3. The predicted molar refractivity (Wildman–Crippen MR) is 140 cm³/mol.